The molecule has 0 unspecified atom stereocenters. The van der Waals surface area contributed by atoms with E-state index in [1.54, 1.807) is 12.4 Å². The average Bonchev–Trinajstić information content (AvgIpc) is 1.59. The first kappa shape index (κ1) is 62.8. The van der Waals surface area contributed by atoms with E-state index < -0.39 is 0 Å². The molecule has 0 saturated carbocycles. The summed E-state index contributed by atoms with van der Waals surface area (Å²) >= 11 is 0. The number of para-hydroxylation sites is 4. The standard InChI is InChI=1S/C100H56N8O4/c1-3-18-62(19-4-1)93-103-95(107-97(105-93)80-49-51-101-99-87(80)78-35-15-31-74(91(78)111-99)72-29-13-33-76-83-53-66-22-7-8-23-67(66)54-85(83)109-89(72)76)64-45-39-58(40-46-64)57-37-41-61(42-38-57)71-28-12-25-68-55-86-84(56-82(68)71)77-34-14-30-73(90(77)110-86)75-32-16-36-79-88-81(50-52-102-100(88)112-92(75)79)98-106-94(63-20-5-2-6-21-63)104-96(108-98)65-47-43-60(44-48-65)70-27-11-24-59-17-9-10-26-69(59)70/h1-56H. The highest BCUT2D eigenvalue weighted by molar-refractivity contribution is 6.21. The first-order chi connectivity index (χ1) is 55.5. The van der Waals surface area contributed by atoms with Gasteiger partial charge in [-0.2, -0.15) is 0 Å². The summed E-state index contributed by atoms with van der Waals surface area (Å²) in [5, 5.41) is 14.4. The first-order valence-corrected chi connectivity index (χ1v) is 37.2. The Balaban J connectivity index is 0.559. The summed E-state index contributed by atoms with van der Waals surface area (Å²) in [6, 6.07) is 113. The van der Waals surface area contributed by atoms with Gasteiger partial charge in [-0.15, -0.1) is 0 Å². The third-order valence-electron chi connectivity index (χ3n) is 22.0. The van der Waals surface area contributed by atoms with Crippen LogP contribution >= 0.6 is 0 Å². The maximum absolute atomic E-state index is 6.99. The molecule has 12 nitrogen and oxygen atoms in total. The number of rotatable bonds is 11. The van der Waals surface area contributed by atoms with Crippen molar-refractivity contribution in [2.75, 3.05) is 0 Å². The molecule has 0 amide bonds. The third-order valence-corrected chi connectivity index (χ3v) is 22.0. The highest BCUT2D eigenvalue weighted by atomic mass is 16.4. The number of aromatic nitrogens is 8. The zero-order valence-corrected chi connectivity index (χ0v) is 59.5. The summed E-state index contributed by atoms with van der Waals surface area (Å²) in [4.78, 5) is 40.8. The van der Waals surface area contributed by atoms with Crippen LogP contribution < -0.4 is 0 Å². The molecule has 8 aromatic heterocycles. The molecular weight excluding hydrogens is 1380 g/mol. The molecule has 520 valence electrons. The summed E-state index contributed by atoms with van der Waals surface area (Å²) in [6.07, 6.45) is 3.52. The quantitative estimate of drug-likeness (QED) is 0.121. The molecule has 0 spiro atoms. The van der Waals surface area contributed by atoms with Gasteiger partial charge in [0.2, 0.25) is 11.4 Å². The highest BCUT2D eigenvalue weighted by Crippen LogP contribution is 2.48. The van der Waals surface area contributed by atoms with Crippen LogP contribution in [0.4, 0.5) is 0 Å². The van der Waals surface area contributed by atoms with E-state index in [1.165, 1.54) is 16.3 Å². The minimum atomic E-state index is 0.473. The van der Waals surface area contributed by atoms with E-state index in [0.717, 1.165) is 170 Å². The van der Waals surface area contributed by atoms with Crippen LogP contribution in [0.3, 0.4) is 0 Å². The van der Waals surface area contributed by atoms with Gasteiger partial charge in [-0.05, 0) is 102 Å². The van der Waals surface area contributed by atoms with Crippen molar-refractivity contribution in [2.45, 2.75) is 0 Å². The van der Waals surface area contributed by atoms with Gasteiger partial charge in [0.25, 0.3) is 0 Å². The van der Waals surface area contributed by atoms with Crippen LogP contribution in [0.15, 0.2) is 358 Å². The Bertz CT molecular complexity index is 7800. The molecule has 12 heteroatoms. The van der Waals surface area contributed by atoms with Crippen LogP contribution in [-0.4, -0.2) is 39.9 Å². The van der Waals surface area contributed by atoms with Gasteiger partial charge in [0.05, 0.1) is 10.8 Å². The molecule has 8 heterocycles. The zero-order valence-electron chi connectivity index (χ0n) is 59.5. The van der Waals surface area contributed by atoms with Crippen LogP contribution in [0.5, 0.6) is 0 Å². The van der Waals surface area contributed by atoms with Crippen molar-refractivity contribution >= 4 is 120 Å². The summed E-state index contributed by atoms with van der Waals surface area (Å²) in [5.74, 6) is 3.22. The molecule has 0 bridgehead atoms. The molecule has 0 radical (unpaired) electrons. The van der Waals surface area contributed by atoms with Gasteiger partial charge >= 0.3 is 0 Å². The van der Waals surface area contributed by atoms with Crippen molar-refractivity contribution in [2.24, 2.45) is 0 Å². The largest absolute Gasteiger partial charge is 0.455 e. The Labute approximate surface area is 637 Å². The van der Waals surface area contributed by atoms with Gasteiger partial charge in [0.1, 0.15) is 33.5 Å². The summed E-state index contributed by atoms with van der Waals surface area (Å²) < 4.78 is 27.4. The lowest BCUT2D eigenvalue weighted by molar-refractivity contribution is 0.653. The van der Waals surface area contributed by atoms with Crippen LogP contribution in [0.2, 0.25) is 0 Å². The minimum absolute atomic E-state index is 0.473. The second kappa shape index (κ2) is 25.1. The summed E-state index contributed by atoms with van der Waals surface area (Å²) in [6.45, 7) is 0. The van der Waals surface area contributed by atoms with E-state index in [0.29, 0.717) is 57.5 Å². The lowest BCUT2D eigenvalue weighted by Gasteiger charge is -2.10. The van der Waals surface area contributed by atoms with E-state index in [1.807, 2.05) is 72.8 Å². The zero-order chi connectivity index (χ0) is 73.5. The van der Waals surface area contributed by atoms with Crippen molar-refractivity contribution in [1.29, 1.82) is 0 Å². The topological polar surface area (TPSA) is 156 Å². The Kier molecular flexibility index (Phi) is 14.1. The van der Waals surface area contributed by atoms with Crippen LogP contribution in [0.25, 0.3) is 244 Å². The maximum atomic E-state index is 6.99. The Morgan fingerprint density at radius 1 is 0.179 bits per heavy atom. The molecule has 23 rings (SSSR count). The SMILES string of the molecule is c1ccc(-c2nc(-c3ccc(-c4ccc(-c5cccc6cc7oc8c(-c9cccc%10c9oc9nccc(-c%11nc(-c%12ccccc%12)nc(-c%12ccc(-c%13cccc%14ccccc%13%14)cc%12)n%11)c9%10)cccc8c7cc56)cc4)cc3)nc(-c3ccnc4oc5c(-c6cccc7c6oc6cc8ccccc8cc67)cccc5c34)n2)cc1. The van der Waals surface area contributed by atoms with E-state index >= 15 is 0 Å². The predicted molar refractivity (Wildman–Crippen MR) is 450 cm³/mol. The van der Waals surface area contributed by atoms with E-state index in [2.05, 4.69) is 255 Å². The molecule has 23 aromatic rings. The normalized spacial score (nSPS) is 11.9. The first-order valence-electron chi connectivity index (χ1n) is 37.2. The van der Waals surface area contributed by atoms with Crippen LogP contribution in [0.1, 0.15) is 0 Å². The van der Waals surface area contributed by atoms with Crippen molar-refractivity contribution in [1.82, 2.24) is 39.9 Å². The number of nitrogens with zero attached hydrogens (tertiary/aromatic N) is 8. The monoisotopic (exact) mass is 1430 g/mol. The van der Waals surface area contributed by atoms with Gasteiger partial charge in [0, 0.05) is 100 Å². The molecular formula is C100H56N8O4. The summed E-state index contributed by atoms with van der Waals surface area (Å²) in [7, 11) is 0. The predicted octanol–water partition coefficient (Wildman–Crippen LogP) is 26.2. The van der Waals surface area contributed by atoms with Gasteiger partial charge in [-0.3, -0.25) is 0 Å². The van der Waals surface area contributed by atoms with Gasteiger partial charge in [0.15, 0.2) is 34.9 Å². The lowest BCUT2D eigenvalue weighted by atomic mass is 9.94. The van der Waals surface area contributed by atoms with E-state index in [-0.39, 0.29) is 0 Å². The Morgan fingerprint density at radius 2 is 0.509 bits per heavy atom. The second-order valence-corrected chi connectivity index (χ2v) is 28.4. The van der Waals surface area contributed by atoms with Gasteiger partial charge in [-0.25, -0.2) is 39.9 Å². The van der Waals surface area contributed by atoms with Crippen molar-refractivity contribution in [3.63, 3.8) is 0 Å². The fraction of sp³-hybridized carbons (Fsp3) is 0. The third kappa shape index (κ3) is 10.2. The average molecular weight is 1430 g/mol. The van der Waals surface area contributed by atoms with Crippen molar-refractivity contribution < 1.29 is 17.7 Å². The fourth-order valence-corrected chi connectivity index (χ4v) is 16.6. The van der Waals surface area contributed by atoms with Crippen LogP contribution in [0, 0.1) is 0 Å². The van der Waals surface area contributed by atoms with E-state index in [4.69, 9.17) is 57.5 Å². The molecule has 0 N–H and O–H groups in total. The second-order valence-electron chi connectivity index (χ2n) is 28.4. The maximum Gasteiger partial charge on any atom is 0.228 e. The van der Waals surface area contributed by atoms with Gasteiger partial charge < -0.3 is 17.7 Å². The highest BCUT2D eigenvalue weighted by Gasteiger charge is 2.26. The number of pyridine rings is 2. The van der Waals surface area contributed by atoms with Crippen LogP contribution in [-0.2, 0) is 0 Å². The fourth-order valence-electron chi connectivity index (χ4n) is 16.6. The molecule has 0 aliphatic heterocycles. The number of hydrogen-bond acceptors (Lipinski definition) is 12. The number of hydrogen-bond donors (Lipinski definition) is 0. The molecule has 0 fully saturated rings. The van der Waals surface area contributed by atoms with Gasteiger partial charge in [-0.1, -0.05) is 291 Å². The summed E-state index contributed by atoms with van der Waals surface area (Å²) in [5.41, 5.74) is 20.7. The van der Waals surface area contributed by atoms with Crippen molar-refractivity contribution in [3.8, 4) is 124 Å². The molecule has 0 aliphatic carbocycles. The number of furan rings is 4. The number of fused-ring (bicyclic) bond motifs is 15. The molecule has 112 heavy (non-hydrogen) atoms. The Hall–Kier alpha value is -15.4. The molecule has 0 atom stereocenters. The number of benzene rings is 15. The van der Waals surface area contributed by atoms with Crippen molar-refractivity contribution in [3.05, 3.63) is 340 Å². The lowest BCUT2D eigenvalue weighted by Crippen LogP contribution is -2.00. The molecule has 15 aromatic carbocycles. The smallest absolute Gasteiger partial charge is 0.228 e. The van der Waals surface area contributed by atoms with E-state index in [9.17, 15) is 0 Å². The Morgan fingerprint density at radius 3 is 1.00 bits per heavy atom. The minimum Gasteiger partial charge on any atom is -0.455 e. The molecule has 0 saturated heterocycles. The molecule has 0 aliphatic rings.